The first-order valence-corrected chi connectivity index (χ1v) is 9.54. The van der Waals surface area contributed by atoms with Gasteiger partial charge in [-0.2, -0.15) is 0 Å². The zero-order valence-electron chi connectivity index (χ0n) is 15.9. The van der Waals surface area contributed by atoms with Gasteiger partial charge in [0.2, 0.25) is 5.91 Å². The summed E-state index contributed by atoms with van der Waals surface area (Å²) in [5.41, 5.74) is 2.21. The van der Waals surface area contributed by atoms with Gasteiger partial charge in [-0.1, -0.05) is 0 Å². The Labute approximate surface area is 154 Å². The zero-order chi connectivity index (χ0) is 18.3. The van der Waals surface area contributed by atoms with Crippen molar-refractivity contribution < 1.29 is 9.53 Å². The minimum Gasteiger partial charge on any atom is -0.497 e. The number of ether oxygens (including phenoxy) is 1. The molecule has 2 fully saturated rings. The molecule has 1 saturated carbocycles. The number of pyridine rings is 1. The average molecular weight is 353 g/mol. The van der Waals surface area contributed by atoms with Crippen LogP contribution < -0.4 is 9.64 Å². The highest BCUT2D eigenvalue weighted by molar-refractivity contribution is 5.85. The van der Waals surface area contributed by atoms with Gasteiger partial charge in [0.1, 0.15) is 11.6 Å². The van der Waals surface area contributed by atoms with E-state index in [2.05, 4.69) is 24.0 Å². The topological polar surface area (TPSA) is 45.7 Å². The smallest absolute Gasteiger partial charge is 0.225 e. The van der Waals surface area contributed by atoms with E-state index in [1.165, 1.54) is 10.9 Å². The summed E-state index contributed by atoms with van der Waals surface area (Å²) in [6.45, 7) is 4.01. The summed E-state index contributed by atoms with van der Waals surface area (Å²) in [7, 11) is 3.66. The van der Waals surface area contributed by atoms with Crippen molar-refractivity contribution in [2.75, 3.05) is 32.1 Å². The van der Waals surface area contributed by atoms with Crippen LogP contribution in [0.25, 0.3) is 10.9 Å². The number of nitrogens with zero attached hydrogens (tertiary/aromatic N) is 3. The first-order chi connectivity index (χ1) is 12.6. The number of hydrogen-bond acceptors (Lipinski definition) is 4. The van der Waals surface area contributed by atoms with E-state index in [9.17, 15) is 4.79 Å². The van der Waals surface area contributed by atoms with E-state index in [0.29, 0.717) is 17.9 Å². The third-order valence-electron chi connectivity index (χ3n) is 5.82. The Morgan fingerprint density at radius 2 is 1.92 bits per heavy atom. The molecule has 1 saturated heterocycles. The van der Waals surface area contributed by atoms with E-state index < -0.39 is 0 Å². The number of benzene rings is 1. The van der Waals surface area contributed by atoms with Crippen LogP contribution in [0.15, 0.2) is 24.3 Å². The second-order valence-corrected chi connectivity index (χ2v) is 7.62. The molecule has 1 aromatic carbocycles. The van der Waals surface area contributed by atoms with Gasteiger partial charge in [-0.05, 0) is 56.4 Å². The first-order valence-electron chi connectivity index (χ1n) is 9.54. The van der Waals surface area contributed by atoms with Crippen LogP contribution in [0.4, 0.5) is 5.82 Å². The Kier molecular flexibility index (Phi) is 4.47. The van der Waals surface area contributed by atoms with Crippen LogP contribution in [0.1, 0.15) is 31.2 Å². The van der Waals surface area contributed by atoms with Crippen molar-refractivity contribution in [3.63, 3.8) is 0 Å². The van der Waals surface area contributed by atoms with Crippen molar-refractivity contribution in [1.29, 1.82) is 0 Å². The molecule has 5 nitrogen and oxygen atoms in total. The van der Waals surface area contributed by atoms with Crippen molar-refractivity contribution in [3.8, 4) is 5.75 Å². The van der Waals surface area contributed by atoms with Crippen LogP contribution in [0.5, 0.6) is 5.75 Å². The van der Waals surface area contributed by atoms with Crippen molar-refractivity contribution in [2.24, 2.45) is 5.92 Å². The maximum absolute atomic E-state index is 12.3. The Hall–Kier alpha value is -2.30. The number of carbonyl (C=O) groups is 1. The van der Waals surface area contributed by atoms with Gasteiger partial charge in [-0.3, -0.25) is 4.79 Å². The largest absolute Gasteiger partial charge is 0.497 e. The van der Waals surface area contributed by atoms with E-state index in [4.69, 9.17) is 9.72 Å². The predicted molar refractivity (Wildman–Crippen MR) is 104 cm³/mol. The molecule has 26 heavy (non-hydrogen) atoms. The minimum absolute atomic E-state index is 0.304. The van der Waals surface area contributed by atoms with Crippen molar-refractivity contribution in [3.05, 3.63) is 29.8 Å². The van der Waals surface area contributed by atoms with Crippen molar-refractivity contribution >= 4 is 22.6 Å². The van der Waals surface area contributed by atoms with Crippen LogP contribution >= 0.6 is 0 Å². The highest BCUT2D eigenvalue weighted by atomic mass is 16.5. The average Bonchev–Trinajstić information content (AvgIpc) is 3.51. The quantitative estimate of drug-likeness (QED) is 0.845. The molecule has 1 aliphatic heterocycles. The maximum atomic E-state index is 12.3. The van der Waals surface area contributed by atoms with Gasteiger partial charge in [-0.25, -0.2) is 4.98 Å². The van der Waals surface area contributed by atoms with Crippen molar-refractivity contribution in [1.82, 2.24) is 9.88 Å². The Bertz CT molecular complexity index is 823. The molecule has 0 N–H and O–H groups in total. The summed E-state index contributed by atoms with van der Waals surface area (Å²) in [4.78, 5) is 21.5. The molecule has 1 amide bonds. The van der Waals surface area contributed by atoms with Gasteiger partial charge in [-0.15, -0.1) is 0 Å². The second kappa shape index (κ2) is 6.78. The third kappa shape index (κ3) is 3.22. The molecular formula is C21H27N3O2. The molecule has 138 valence electrons. The molecule has 0 radical (unpaired) electrons. The molecule has 1 aliphatic carbocycles. The van der Waals surface area contributed by atoms with Gasteiger partial charge in [0.25, 0.3) is 0 Å². The van der Waals surface area contributed by atoms with E-state index in [1.807, 2.05) is 24.1 Å². The van der Waals surface area contributed by atoms with Gasteiger partial charge in [0.05, 0.1) is 12.6 Å². The normalized spacial score (nSPS) is 18.2. The van der Waals surface area contributed by atoms with Gasteiger partial charge in [0.15, 0.2) is 0 Å². The number of aryl methyl sites for hydroxylation is 1. The van der Waals surface area contributed by atoms with Gasteiger partial charge >= 0.3 is 0 Å². The summed E-state index contributed by atoms with van der Waals surface area (Å²) in [5.74, 6) is 2.51. The molecule has 0 unspecified atom stereocenters. The highest BCUT2D eigenvalue weighted by Gasteiger charge is 2.35. The fourth-order valence-electron chi connectivity index (χ4n) is 3.93. The van der Waals surface area contributed by atoms with Gasteiger partial charge in [0, 0.05) is 43.5 Å². The van der Waals surface area contributed by atoms with Crippen LogP contribution in [0.3, 0.4) is 0 Å². The molecule has 5 heteroatoms. The SMILES string of the molecule is COc1ccc2c(C)cc(N3CCC(N(C)C(=O)C4CC4)CC3)nc2c1. The second-order valence-electron chi connectivity index (χ2n) is 7.62. The lowest BCUT2D eigenvalue weighted by Gasteiger charge is -2.37. The third-order valence-corrected chi connectivity index (χ3v) is 5.82. The Morgan fingerprint density at radius 1 is 1.19 bits per heavy atom. The van der Waals surface area contributed by atoms with E-state index >= 15 is 0 Å². The lowest BCUT2D eigenvalue weighted by Crippen LogP contribution is -2.46. The minimum atomic E-state index is 0.304. The number of methoxy groups -OCH3 is 1. The monoisotopic (exact) mass is 353 g/mol. The molecule has 0 spiro atoms. The van der Waals surface area contributed by atoms with E-state index in [0.717, 1.165) is 55.9 Å². The summed E-state index contributed by atoms with van der Waals surface area (Å²) in [6, 6.07) is 8.59. The number of amides is 1. The molecule has 2 aliphatic rings. The van der Waals surface area contributed by atoms with Crippen LogP contribution in [0.2, 0.25) is 0 Å². The molecule has 2 heterocycles. The molecule has 0 atom stereocenters. The summed E-state index contributed by atoms with van der Waals surface area (Å²) >= 11 is 0. The number of fused-ring (bicyclic) bond motifs is 1. The first kappa shape index (κ1) is 17.1. The van der Waals surface area contributed by atoms with Crippen LogP contribution in [0, 0.1) is 12.8 Å². The number of aromatic nitrogens is 1. The number of hydrogen-bond donors (Lipinski definition) is 0. The Morgan fingerprint density at radius 3 is 2.58 bits per heavy atom. The lowest BCUT2D eigenvalue weighted by atomic mass is 10.0. The zero-order valence-corrected chi connectivity index (χ0v) is 15.9. The highest BCUT2D eigenvalue weighted by Crippen LogP contribution is 2.33. The summed E-state index contributed by atoms with van der Waals surface area (Å²) in [6.07, 6.45) is 4.16. The standard InChI is InChI=1S/C21H27N3O2/c1-14-12-20(22-19-13-17(26-3)6-7-18(14)19)24-10-8-16(9-11-24)23(2)21(25)15-4-5-15/h6-7,12-13,15-16H,4-5,8-11H2,1-3H3. The molecule has 0 bridgehead atoms. The molecule has 4 rings (SSSR count). The summed E-state index contributed by atoms with van der Waals surface area (Å²) in [5, 5.41) is 1.17. The van der Waals surface area contributed by atoms with E-state index in [-0.39, 0.29) is 0 Å². The van der Waals surface area contributed by atoms with Crippen LogP contribution in [-0.4, -0.2) is 49.1 Å². The fraction of sp³-hybridized carbons (Fsp3) is 0.524. The molecule has 1 aromatic heterocycles. The maximum Gasteiger partial charge on any atom is 0.225 e. The van der Waals surface area contributed by atoms with Crippen LogP contribution in [-0.2, 0) is 4.79 Å². The van der Waals surface area contributed by atoms with Gasteiger partial charge < -0.3 is 14.5 Å². The number of rotatable bonds is 4. The molecular weight excluding hydrogens is 326 g/mol. The fourth-order valence-corrected chi connectivity index (χ4v) is 3.93. The predicted octanol–water partition coefficient (Wildman–Crippen LogP) is 3.39. The number of anilines is 1. The lowest BCUT2D eigenvalue weighted by molar-refractivity contribution is -0.133. The van der Waals surface area contributed by atoms with Crippen molar-refractivity contribution in [2.45, 2.75) is 38.6 Å². The Balaban J connectivity index is 1.49. The summed E-state index contributed by atoms with van der Waals surface area (Å²) < 4.78 is 5.34. The number of carbonyl (C=O) groups excluding carboxylic acids is 1. The number of piperidine rings is 1. The molecule has 2 aromatic rings. The van der Waals surface area contributed by atoms with E-state index in [1.54, 1.807) is 7.11 Å².